The van der Waals surface area contributed by atoms with Crippen LogP contribution in [-0.2, 0) is 9.53 Å². The van der Waals surface area contributed by atoms with Gasteiger partial charge in [-0.25, -0.2) is 4.39 Å². The van der Waals surface area contributed by atoms with Crippen LogP contribution in [0.15, 0.2) is 72.8 Å². The van der Waals surface area contributed by atoms with Crippen LogP contribution in [-0.4, -0.2) is 55.7 Å². The summed E-state index contributed by atoms with van der Waals surface area (Å²) in [5.74, 6) is 0.759. The summed E-state index contributed by atoms with van der Waals surface area (Å²) in [6.07, 6.45) is -0.793. The molecule has 0 aromatic heterocycles. The van der Waals surface area contributed by atoms with Crippen LogP contribution >= 0.6 is 0 Å². The van der Waals surface area contributed by atoms with Gasteiger partial charge in [0.1, 0.15) is 23.1 Å². The van der Waals surface area contributed by atoms with E-state index in [2.05, 4.69) is 0 Å². The van der Waals surface area contributed by atoms with E-state index in [1.807, 2.05) is 12.1 Å². The van der Waals surface area contributed by atoms with Crippen molar-refractivity contribution in [2.45, 2.75) is 6.10 Å². The highest BCUT2D eigenvalue weighted by Gasteiger charge is 2.36. The minimum Gasteiger partial charge on any atom is -0.476 e. The Morgan fingerprint density at radius 2 is 1.53 bits per heavy atom. The topological polar surface area (TPSA) is 68.3 Å². The summed E-state index contributed by atoms with van der Waals surface area (Å²) in [6.45, 7) is 2.10. The number of carbonyl (C=O) groups excluding carboxylic acids is 2. The maximum Gasteiger partial charge on any atom is 0.265 e. The maximum atomic E-state index is 13.5. The van der Waals surface area contributed by atoms with Crippen molar-refractivity contribution >= 4 is 17.5 Å². The van der Waals surface area contributed by atoms with E-state index in [9.17, 15) is 14.0 Å². The molecule has 0 unspecified atom stereocenters. The normalized spacial score (nSPS) is 17.5. The van der Waals surface area contributed by atoms with Crippen LogP contribution in [0.25, 0.3) is 0 Å². The largest absolute Gasteiger partial charge is 0.476 e. The molecule has 2 aliphatic rings. The zero-order chi connectivity index (χ0) is 23.5. The Bertz CT molecular complexity index is 1180. The third-order valence-corrected chi connectivity index (χ3v) is 5.77. The minimum absolute atomic E-state index is 0.111. The van der Waals surface area contributed by atoms with E-state index in [-0.39, 0.29) is 24.2 Å². The van der Waals surface area contributed by atoms with Crippen molar-refractivity contribution in [3.8, 4) is 17.2 Å². The van der Waals surface area contributed by atoms with Gasteiger partial charge in [-0.2, -0.15) is 0 Å². The number of nitrogens with zero attached hydrogens (tertiary/aromatic N) is 2. The number of halogens is 1. The summed E-state index contributed by atoms with van der Waals surface area (Å²) in [5.41, 5.74) is 1.06. The van der Waals surface area contributed by atoms with Gasteiger partial charge in [0.2, 0.25) is 0 Å². The number of para-hydroxylation sites is 2. The molecule has 0 aliphatic carbocycles. The van der Waals surface area contributed by atoms with E-state index < -0.39 is 6.10 Å². The monoisotopic (exact) mass is 462 g/mol. The molecule has 8 heteroatoms. The van der Waals surface area contributed by atoms with E-state index in [1.165, 1.54) is 24.3 Å². The summed E-state index contributed by atoms with van der Waals surface area (Å²) in [5, 5.41) is 0. The molecule has 1 fully saturated rings. The molecule has 2 amide bonds. The smallest absolute Gasteiger partial charge is 0.265 e. The van der Waals surface area contributed by atoms with Gasteiger partial charge in [-0.15, -0.1) is 0 Å². The fourth-order valence-electron chi connectivity index (χ4n) is 4.00. The molecule has 2 heterocycles. The van der Waals surface area contributed by atoms with Crippen molar-refractivity contribution in [1.29, 1.82) is 0 Å². The number of ether oxygens (including phenoxy) is 3. The summed E-state index contributed by atoms with van der Waals surface area (Å²) < 4.78 is 30.1. The summed E-state index contributed by atoms with van der Waals surface area (Å²) in [4.78, 5) is 29.8. The molecule has 7 nitrogen and oxygen atoms in total. The second-order valence-electron chi connectivity index (χ2n) is 8.01. The lowest BCUT2D eigenvalue weighted by Gasteiger charge is -2.37. The first kappa shape index (κ1) is 21.9. The van der Waals surface area contributed by atoms with E-state index in [0.717, 1.165) is 0 Å². The standard InChI is InChI=1S/C26H23FN2O5/c27-19-7-11-21(12-8-19)33-20-9-5-18(6-10-20)25(30)29-17-24(26(31)28-13-15-32-16-14-28)34-23-4-2-1-3-22(23)29/h1-12,24H,13-17H2/t24-/m0/s1. The van der Waals surface area contributed by atoms with E-state index in [1.54, 1.807) is 46.2 Å². The zero-order valence-corrected chi connectivity index (χ0v) is 18.4. The Kier molecular flexibility index (Phi) is 6.14. The second kappa shape index (κ2) is 9.52. The van der Waals surface area contributed by atoms with Gasteiger partial charge in [0.05, 0.1) is 25.4 Å². The van der Waals surface area contributed by atoms with Crippen molar-refractivity contribution in [3.63, 3.8) is 0 Å². The van der Waals surface area contributed by atoms with Crippen molar-refractivity contribution in [1.82, 2.24) is 4.90 Å². The number of fused-ring (bicyclic) bond motifs is 1. The van der Waals surface area contributed by atoms with Crippen molar-refractivity contribution in [2.75, 3.05) is 37.7 Å². The van der Waals surface area contributed by atoms with Crippen LogP contribution in [0, 0.1) is 5.82 Å². The maximum absolute atomic E-state index is 13.5. The highest BCUT2D eigenvalue weighted by molar-refractivity contribution is 6.08. The predicted octanol–water partition coefficient (Wildman–Crippen LogP) is 3.88. The number of carbonyl (C=O) groups is 2. The average Bonchev–Trinajstić information content (AvgIpc) is 2.89. The van der Waals surface area contributed by atoms with Crippen molar-refractivity contribution in [2.24, 2.45) is 0 Å². The van der Waals surface area contributed by atoms with Gasteiger partial charge >= 0.3 is 0 Å². The molecule has 3 aromatic carbocycles. The molecule has 34 heavy (non-hydrogen) atoms. The molecular formula is C26H23FN2O5. The Morgan fingerprint density at radius 3 is 2.24 bits per heavy atom. The van der Waals surface area contributed by atoms with Crippen LogP contribution in [0.3, 0.4) is 0 Å². The molecule has 0 N–H and O–H groups in total. The molecule has 5 rings (SSSR count). The van der Waals surface area contributed by atoms with Crippen LogP contribution in [0.5, 0.6) is 17.2 Å². The zero-order valence-electron chi connectivity index (χ0n) is 18.4. The molecule has 3 aromatic rings. The molecular weight excluding hydrogens is 439 g/mol. The van der Waals surface area contributed by atoms with Gasteiger partial charge in [-0.1, -0.05) is 12.1 Å². The number of anilines is 1. The highest BCUT2D eigenvalue weighted by Crippen LogP contribution is 2.35. The Balaban J connectivity index is 1.35. The third kappa shape index (κ3) is 4.58. The highest BCUT2D eigenvalue weighted by atomic mass is 19.1. The van der Waals surface area contributed by atoms with Crippen LogP contribution in [0.2, 0.25) is 0 Å². The number of hydrogen-bond donors (Lipinski definition) is 0. The molecule has 1 atom stereocenters. The average molecular weight is 462 g/mol. The Morgan fingerprint density at radius 1 is 0.882 bits per heavy atom. The molecule has 0 bridgehead atoms. The van der Waals surface area contributed by atoms with Crippen molar-refractivity contribution in [3.05, 3.63) is 84.2 Å². The lowest BCUT2D eigenvalue weighted by atomic mass is 10.1. The first-order valence-corrected chi connectivity index (χ1v) is 11.1. The fourth-order valence-corrected chi connectivity index (χ4v) is 4.00. The van der Waals surface area contributed by atoms with Gasteiger partial charge < -0.3 is 24.0 Å². The summed E-state index contributed by atoms with van der Waals surface area (Å²) in [6, 6.07) is 19.6. The summed E-state index contributed by atoms with van der Waals surface area (Å²) >= 11 is 0. The number of benzene rings is 3. The van der Waals surface area contributed by atoms with Gasteiger partial charge in [0.25, 0.3) is 11.8 Å². The quantitative estimate of drug-likeness (QED) is 0.589. The number of amides is 2. The Labute approximate surface area is 196 Å². The SMILES string of the molecule is O=C([C@@H]1CN(C(=O)c2ccc(Oc3ccc(F)cc3)cc2)c2ccccc2O1)N1CCOCC1. The Hall–Kier alpha value is -3.91. The first-order chi connectivity index (χ1) is 16.6. The van der Waals surface area contributed by atoms with Crippen LogP contribution < -0.4 is 14.4 Å². The molecule has 0 radical (unpaired) electrons. The molecule has 0 saturated carbocycles. The lowest BCUT2D eigenvalue weighted by Crippen LogP contribution is -2.54. The fraction of sp³-hybridized carbons (Fsp3) is 0.231. The molecule has 174 valence electrons. The number of hydrogen-bond acceptors (Lipinski definition) is 5. The predicted molar refractivity (Wildman–Crippen MR) is 123 cm³/mol. The van der Waals surface area contributed by atoms with Gasteiger partial charge in [0.15, 0.2) is 6.10 Å². The van der Waals surface area contributed by atoms with Crippen molar-refractivity contribution < 1.29 is 28.2 Å². The second-order valence-corrected chi connectivity index (χ2v) is 8.01. The van der Waals surface area contributed by atoms with Gasteiger partial charge in [0, 0.05) is 18.7 Å². The lowest BCUT2D eigenvalue weighted by molar-refractivity contribution is -0.142. The van der Waals surface area contributed by atoms with Crippen LogP contribution in [0.4, 0.5) is 10.1 Å². The third-order valence-electron chi connectivity index (χ3n) is 5.77. The number of rotatable bonds is 4. The molecule has 2 aliphatic heterocycles. The summed E-state index contributed by atoms with van der Waals surface area (Å²) in [7, 11) is 0. The van der Waals surface area contributed by atoms with Gasteiger partial charge in [-0.05, 0) is 60.7 Å². The number of morpholine rings is 1. The van der Waals surface area contributed by atoms with E-state index in [0.29, 0.717) is 54.8 Å². The van der Waals surface area contributed by atoms with E-state index in [4.69, 9.17) is 14.2 Å². The molecule has 0 spiro atoms. The first-order valence-electron chi connectivity index (χ1n) is 11.1. The minimum atomic E-state index is -0.793. The van der Waals surface area contributed by atoms with E-state index >= 15 is 0 Å². The van der Waals surface area contributed by atoms with Crippen LogP contribution in [0.1, 0.15) is 10.4 Å². The van der Waals surface area contributed by atoms with Gasteiger partial charge in [-0.3, -0.25) is 9.59 Å². The molecule has 1 saturated heterocycles.